The summed E-state index contributed by atoms with van der Waals surface area (Å²) in [7, 11) is 0. The van der Waals surface area contributed by atoms with Gasteiger partial charge in [-0.1, -0.05) is 0 Å². The molecule has 1 amide bonds. The number of carbonyl (C=O) groups excluding carboxylic acids is 1. The van der Waals surface area contributed by atoms with Crippen molar-refractivity contribution in [2.45, 2.75) is 52.6 Å². The maximum atomic E-state index is 12.6. The Bertz CT molecular complexity index is 537. The minimum Gasteiger partial charge on any atom is -0.338 e. The number of carbonyl (C=O) groups is 1. The highest BCUT2D eigenvalue weighted by Gasteiger charge is 2.37. The number of amides is 1. The van der Waals surface area contributed by atoms with Gasteiger partial charge in [-0.2, -0.15) is 5.10 Å². The van der Waals surface area contributed by atoms with E-state index in [2.05, 4.69) is 41.5 Å². The molecular weight excluding hydrogens is 276 g/mol. The van der Waals surface area contributed by atoms with Crippen LogP contribution in [0.2, 0.25) is 0 Å². The van der Waals surface area contributed by atoms with Gasteiger partial charge in [0.05, 0.1) is 11.7 Å². The predicted octanol–water partition coefficient (Wildman–Crippen LogP) is 2.00. The molecule has 2 aliphatic heterocycles. The van der Waals surface area contributed by atoms with Gasteiger partial charge in [0.15, 0.2) is 0 Å². The molecule has 0 bridgehead atoms. The topological polar surface area (TPSA) is 41.4 Å². The molecule has 122 valence electrons. The van der Waals surface area contributed by atoms with E-state index in [1.54, 1.807) is 0 Å². The van der Waals surface area contributed by atoms with E-state index in [-0.39, 0.29) is 5.92 Å². The first-order chi connectivity index (χ1) is 10.5. The van der Waals surface area contributed by atoms with Gasteiger partial charge >= 0.3 is 0 Å². The third-order valence-corrected chi connectivity index (χ3v) is 5.17. The number of nitrogens with zero attached hydrogens (tertiary/aromatic N) is 4. The molecule has 3 rings (SSSR count). The van der Waals surface area contributed by atoms with E-state index in [0.29, 0.717) is 18.0 Å². The number of piperidine rings is 1. The van der Waals surface area contributed by atoms with Crippen LogP contribution in [0.25, 0.3) is 0 Å². The van der Waals surface area contributed by atoms with E-state index in [1.807, 2.05) is 11.8 Å². The Labute approximate surface area is 133 Å². The average molecular weight is 304 g/mol. The molecule has 5 heteroatoms. The van der Waals surface area contributed by atoms with Crippen molar-refractivity contribution in [2.24, 2.45) is 5.92 Å². The summed E-state index contributed by atoms with van der Waals surface area (Å²) in [5, 5.41) is 4.54. The predicted molar refractivity (Wildman–Crippen MR) is 86.8 cm³/mol. The van der Waals surface area contributed by atoms with E-state index >= 15 is 0 Å². The monoisotopic (exact) mass is 304 g/mol. The van der Waals surface area contributed by atoms with Crippen LogP contribution in [0.1, 0.15) is 44.1 Å². The largest absolute Gasteiger partial charge is 0.338 e. The first-order valence-electron chi connectivity index (χ1n) is 8.51. The van der Waals surface area contributed by atoms with Gasteiger partial charge in [-0.05, 0) is 59.7 Å². The lowest BCUT2D eigenvalue weighted by atomic mass is 9.93. The summed E-state index contributed by atoms with van der Waals surface area (Å²) < 4.78 is 2.08. The van der Waals surface area contributed by atoms with Crippen molar-refractivity contribution in [2.75, 3.05) is 26.2 Å². The van der Waals surface area contributed by atoms with Gasteiger partial charge in [-0.15, -0.1) is 0 Å². The van der Waals surface area contributed by atoms with Gasteiger partial charge < -0.3 is 9.80 Å². The SMILES string of the molecule is Cc1cc(C)n(C2CN(C(=O)C3CCN(C(C)C)CC3)C2)n1. The summed E-state index contributed by atoms with van der Waals surface area (Å²) >= 11 is 0. The summed E-state index contributed by atoms with van der Waals surface area (Å²) in [6, 6.07) is 3.07. The van der Waals surface area contributed by atoms with Gasteiger partial charge in [-0.3, -0.25) is 9.48 Å². The molecule has 2 aliphatic rings. The number of likely N-dealkylation sites (tertiary alicyclic amines) is 2. The average Bonchev–Trinajstić information content (AvgIpc) is 2.76. The van der Waals surface area contributed by atoms with Crippen molar-refractivity contribution >= 4 is 5.91 Å². The van der Waals surface area contributed by atoms with E-state index in [4.69, 9.17) is 0 Å². The molecular formula is C17H28N4O. The van der Waals surface area contributed by atoms with Crippen LogP contribution in [-0.2, 0) is 4.79 Å². The lowest BCUT2D eigenvalue weighted by Gasteiger charge is -2.43. The molecule has 3 heterocycles. The Morgan fingerprint density at radius 2 is 1.86 bits per heavy atom. The first-order valence-corrected chi connectivity index (χ1v) is 8.51. The Balaban J connectivity index is 1.51. The molecule has 0 atom stereocenters. The van der Waals surface area contributed by atoms with Crippen molar-refractivity contribution in [3.8, 4) is 0 Å². The van der Waals surface area contributed by atoms with E-state index in [9.17, 15) is 4.79 Å². The second kappa shape index (κ2) is 6.03. The molecule has 1 aromatic heterocycles. The van der Waals surface area contributed by atoms with Crippen molar-refractivity contribution in [3.05, 3.63) is 17.5 Å². The maximum absolute atomic E-state index is 12.6. The van der Waals surface area contributed by atoms with Gasteiger partial charge in [0.2, 0.25) is 5.91 Å². The fraction of sp³-hybridized carbons (Fsp3) is 0.765. The maximum Gasteiger partial charge on any atom is 0.225 e. The highest BCUT2D eigenvalue weighted by atomic mass is 16.2. The summed E-state index contributed by atoms with van der Waals surface area (Å²) in [6.07, 6.45) is 2.02. The summed E-state index contributed by atoms with van der Waals surface area (Å²) in [4.78, 5) is 17.1. The summed E-state index contributed by atoms with van der Waals surface area (Å²) in [5.74, 6) is 0.595. The van der Waals surface area contributed by atoms with E-state index in [0.717, 1.165) is 44.7 Å². The van der Waals surface area contributed by atoms with Gasteiger partial charge in [0.1, 0.15) is 0 Å². The molecule has 5 nitrogen and oxygen atoms in total. The molecule has 0 unspecified atom stereocenters. The lowest BCUT2D eigenvalue weighted by molar-refractivity contribution is -0.143. The molecule has 0 saturated carbocycles. The van der Waals surface area contributed by atoms with Crippen LogP contribution in [0.15, 0.2) is 6.07 Å². The zero-order valence-electron chi connectivity index (χ0n) is 14.2. The van der Waals surface area contributed by atoms with E-state index < -0.39 is 0 Å². The molecule has 0 aliphatic carbocycles. The molecule has 22 heavy (non-hydrogen) atoms. The van der Waals surface area contributed by atoms with Crippen LogP contribution < -0.4 is 0 Å². The highest BCUT2D eigenvalue weighted by Crippen LogP contribution is 2.28. The number of hydrogen-bond donors (Lipinski definition) is 0. The summed E-state index contributed by atoms with van der Waals surface area (Å²) in [5.41, 5.74) is 2.25. The van der Waals surface area contributed by atoms with Crippen molar-refractivity contribution in [3.63, 3.8) is 0 Å². The standard InChI is InChI=1S/C17H28N4O/c1-12(2)19-7-5-15(6-8-19)17(22)20-10-16(11-20)21-14(4)9-13(3)18-21/h9,12,15-16H,5-8,10-11H2,1-4H3. The van der Waals surface area contributed by atoms with Crippen LogP contribution in [0.4, 0.5) is 0 Å². The number of hydrogen-bond acceptors (Lipinski definition) is 3. The smallest absolute Gasteiger partial charge is 0.225 e. The van der Waals surface area contributed by atoms with Crippen LogP contribution in [0.3, 0.4) is 0 Å². The van der Waals surface area contributed by atoms with Gasteiger partial charge in [0, 0.05) is 30.7 Å². The second-order valence-electron chi connectivity index (χ2n) is 7.17. The van der Waals surface area contributed by atoms with Gasteiger partial charge in [-0.25, -0.2) is 0 Å². The fourth-order valence-corrected chi connectivity index (χ4v) is 3.73. The number of rotatable bonds is 3. The molecule has 0 aromatic carbocycles. The fourth-order valence-electron chi connectivity index (χ4n) is 3.73. The van der Waals surface area contributed by atoms with Crippen LogP contribution >= 0.6 is 0 Å². The Hall–Kier alpha value is -1.36. The zero-order chi connectivity index (χ0) is 15.9. The molecule has 2 fully saturated rings. The minimum atomic E-state index is 0.233. The Morgan fingerprint density at radius 1 is 1.23 bits per heavy atom. The Morgan fingerprint density at radius 3 is 2.36 bits per heavy atom. The first kappa shape index (κ1) is 15.5. The lowest BCUT2D eigenvalue weighted by Crippen LogP contribution is -2.54. The zero-order valence-corrected chi connectivity index (χ0v) is 14.2. The number of aromatic nitrogens is 2. The van der Waals surface area contributed by atoms with Crippen LogP contribution in [0, 0.1) is 19.8 Å². The molecule has 0 radical (unpaired) electrons. The van der Waals surface area contributed by atoms with Crippen LogP contribution in [-0.4, -0.2) is 57.7 Å². The van der Waals surface area contributed by atoms with Crippen molar-refractivity contribution < 1.29 is 4.79 Å². The molecule has 0 spiro atoms. The second-order valence-corrected chi connectivity index (χ2v) is 7.17. The third kappa shape index (κ3) is 2.91. The Kier molecular flexibility index (Phi) is 4.26. The normalized spacial score (nSPS) is 21.4. The minimum absolute atomic E-state index is 0.233. The molecule has 1 aromatic rings. The van der Waals surface area contributed by atoms with Crippen LogP contribution in [0.5, 0.6) is 0 Å². The summed E-state index contributed by atoms with van der Waals surface area (Å²) in [6.45, 7) is 12.3. The number of aryl methyl sites for hydroxylation is 2. The molecule has 0 N–H and O–H groups in total. The third-order valence-electron chi connectivity index (χ3n) is 5.17. The van der Waals surface area contributed by atoms with Crippen molar-refractivity contribution in [1.82, 2.24) is 19.6 Å². The quantitative estimate of drug-likeness (QED) is 0.858. The van der Waals surface area contributed by atoms with Gasteiger partial charge in [0.25, 0.3) is 0 Å². The van der Waals surface area contributed by atoms with Crippen molar-refractivity contribution in [1.29, 1.82) is 0 Å². The molecule has 2 saturated heterocycles. The highest BCUT2D eigenvalue weighted by molar-refractivity contribution is 5.79. The van der Waals surface area contributed by atoms with E-state index in [1.165, 1.54) is 5.69 Å².